The van der Waals surface area contributed by atoms with Crippen LogP contribution in [0, 0.1) is 5.92 Å². The van der Waals surface area contributed by atoms with E-state index in [-0.39, 0.29) is 28.3 Å². The second kappa shape index (κ2) is 11.2. The molecular weight excluding hydrogens is 466 g/mol. The Hall–Kier alpha value is -2.90. The third kappa shape index (κ3) is 6.61. The number of hydrogen-bond donors (Lipinski definition) is 2. The Morgan fingerprint density at radius 1 is 1.17 bits per heavy atom. The van der Waals surface area contributed by atoms with Gasteiger partial charge in [-0.2, -0.15) is 0 Å². The first-order chi connectivity index (χ1) is 16.5. The van der Waals surface area contributed by atoms with Gasteiger partial charge in [0.1, 0.15) is 10.9 Å². The molecule has 35 heavy (non-hydrogen) atoms. The third-order valence-corrected chi connectivity index (χ3v) is 6.20. The molecule has 2 N–H and O–H groups in total. The second-order valence-electron chi connectivity index (χ2n) is 10.1. The molecule has 188 valence electrons. The zero-order valence-corrected chi connectivity index (χ0v) is 21.7. The topological polar surface area (TPSA) is 95.7 Å². The van der Waals surface area contributed by atoms with Gasteiger partial charge in [0.2, 0.25) is 5.71 Å². The Morgan fingerprint density at radius 3 is 2.46 bits per heavy atom. The number of pyridine rings is 1. The van der Waals surface area contributed by atoms with Gasteiger partial charge in [-0.15, -0.1) is 0 Å². The van der Waals surface area contributed by atoms with Crippen LogP contribution in [0.4, 0.5) is 4.79 Å². The Kier molecular flexibility index (Phi) is 8.56. The zero-order chi connectivity index (χ0) is 25.8. The van der Waals surface area contributed by atoms with E-state index in [1.165, 1.54) is 4.90 Å². The number of aromatic nitrogens is 1. The summed E-state index contributed by atoms with van der Waals surface area (Å²) in [5.41, 5.74) is 1.20. The maximum absolute atomic E-state index is 13.6. The minimum atomic E-state index is -0.938. The molecule has 0 aliphatic carbocycles. The number of carbonyl (C=O) groups is 1. The van der Waals surface area contributed by atoms with Crippen LogP contribution in [0.1, 0.15) is 64.0 Å². The Balaban J connectivity index is 1.94. The van der Waals surface area contributed by atoms with Crippen LogP contribution in [0.15, 0.2) is 51.7 Å². The molecule has 1 unspecified atom stereocenters. The van der Waals surface area contributed by atoms with Gasteiger partial charge >= 0.3 is 6.09 Å². The third-order valence-electron chi connectivity index (χ3n) is 5.99. The van der Waals surface area contributed by atoms with Gasteiger partial charge in [-0.1, -0.05) is 55.8 Å². The highest BCUT2D eigenvalue weighted by atomic mass is 35.5. The lowest BCUT2D eigenvalue weighted by Gasteiger charge is -2.33. The standard InChI is InChI=1S/C27H34ClN3O4/c1-17(2)22(29-14-9-15-31(26(33)34)27(3,4)5)24-20(16-18-10-7-6-8-11-18)23(32)19-12-13-21(28)30-25(19)35-24/h6-8,10-13,17,22,29H,9,14-16H2,1-5H3,(H,33,34). The quantitative estimate of drug-likeness (QED) is 0.281. The van der Waals surface area contributed by atoms with Crippen molar-refractivity contribution in [2.24, 2.45) is 5.92 Å². The minimum absolute atomic E-state index is 0.0995. The molecule has 0 bridgehead atoms. The molecule has 1 aromatic carbocycles. The van der Waals surface area contributed by atoms with Gasteiger partial charge in [-0.05, 0) is 57.4 Å². The van der Waals surface area contributed by atoms with Gasteiger partial charge < -0.3 is 19.7 Å². The average Bonchev–Trinajstić information content (AvgIpc) is 2.77. The lowest BCUT2D eigenvalue weighted by Crippen LogP contribution is -2.46. The normalized spacial score (nSPS) is 12.8. The van der Waals surface area contributed by atoms with Crippen LogP contribution in [0.25, 0.3) is 11.1 Å². The summed E-state index contributed by atoms with van der Waals surface area (Å²) in [6.45, 7) is 10.7. The van der Waals surface area contributed by atoms with Gasteiger partial charge in [0.05, 0.1) is 11.4 Å². The van der Waals surface area contributed by atoms with Crippen molar-refractivity contribution in [3.8, 4) is 0 Å². The second-order valence-corrected chi connectivity index (χ2v) is 10.4. The van der Waals surface area contributed by atoms with E-state index in [1.807, 2.05) is 51.1 Å². The van der Waals surface area contributed by atoms with Gasteiger partial charge in [0, 0.05) is 24.1 Å². The van der Waals surface area contributed by atoms with E-state index < -0.39 is 11.6 Å². The van der Waals surface area contributed by atoms with Crippen LogP contribution >= 0.6 is 11.6 Å². The molecule has 1 amide bonds. The van der Waals surface area contributed by atoms with Crippen molar-refractivity contribution >= 4 is 28.8 Å². The predicted molar refractivity (Wildman–Crippen MR) is 139 cm³/mol. The van der Waals surface area contributed by atoms with Crippen molar-refractivity contribution in [2.45, 2.75) is 59.0 Å². The fraction of sp³-hybridized carbons (Fsp3) is 0.444. The molecule has 3 aromatic rings. The SMILES string of the molecule is CC(C)C(NCCCN(C(=O)O)C(C)(C)C)c1oc2nc(Cl)ccc2c(=O)c1Cc1ccccc1. The van der Waals surface area contributed by atoms with E-state index >= 15 is 0 Å². The fourth-order valence-electron chi connectivity index (χ4n) is 4.17. The Morgan fingerprint density at radius 2 is 1.86 bits per heavy atom. The van der Waals surface area contributed by atoms with E-state index in [0.717, 1.165) is 5.56 Å². The number of amides is 1. The van der Waals surface area contributed by atoms with Crippen LogP contribution in [-0.4, -0.2) is 39.7 Å². The molecule has 1 atom stereocenters. The summed E-state index contributed by atoms with van der Waals surface area (Å²) >= 11 is 6.09. The summed E-state index contributed by atoms with van der Waals surface area (Å²) in [4.78, 5) is 30.9. The summed E-state index contributed by atoms with van der Waals surface area (Å²) in [5, 5.41) is 13.7. The van der Waals surface area contributed by atoms with Crippen LogP contribution in [0.3, 0.4) is 0 Å². The molecule has 0 saturated heterocycles. The number of fused-ring (bicyclic) bond motifs is 1. The smallest absolute Gasteiger partial charge is 0.407 e. The minimum Gasteiger partial charge on any atom is -0.465 e. The van der Waals surface area contributed by atoms with Crippen LogP contribution in [0.5, 0.6) is 0 Å². The molecule has 2 aromatic heterocycles. The molecule has 0 fully saturated rings. The summed E-state index contributed by atoms with van der Waals surface area (Å²) in [6.07, 6.45) is 0.105. The van der Waals surface area contributed by atoms with E-state index in [2.05, 4.69) is 24.1 Å². The van der Waals surface area contributed by atoms with Gasteiger partial charge in [-0.3, -0.25) is 4.79 Å². The van der Waals surface area contributed by atoms with Gasteiger partial charge in [0.25, 0.3) is 0 Å². The predicted octanol–water partition coefficient (Wildman–Crippen LogP) is 5.89. The first kappa shape index (κ1) is 26.7. The summed E-state index contributed by atoms with van der Waals surface area (Å²) in [5.74, 6) is 0.643. The molecule has 0 saturated carbocycles. The number of carboxylic acid groups (broad SMARTS) is 1. The fourth-order valence-corrected chi connectivity index (χ4v) is 4.31. The molecule has 8 heteroatoms. The first-order valence-electron chi connectivity index (χ1n) is 11.9. The van der Waals surface area contributed by atoms with E-state index in [0.29, 0.717) is 42.6 Å². The molecule has 0 radical (unpaired) electrons. The van der Waals surface area contributed by atoms with Crippen molar-refractivity contribution in [3.05, 3.63) is 74.7 Å². The van der Waals surface area contributed by atoms with Crippen molar-refractivity contribution in [2.75, 3.05) is 13.1 Å². The van der Waals surface area contributed by atoms with Gasteiger partial charge in [-0.25, -0.2) is 9.78 Å². The van der Waals surface area contributed by atoms with Crippen molar-refractivity contribution in [3.63, 3.8) is 0 Å². The summed E-state index contributed by atoms with van der Waals surface area (Å²) in [7, 11) is 0. The molecule has 3 rings (SSSR count). The summed E-state index contributed by atoms with van der Waals surface area (Å²) < 4.78 is 6.26. The molecule has 0 aliphatic heterocycles. The average molecular weight is 500 g/mol. The molecule has 7 nitrogen and oxygen atoms in total. The molecule has 2 heterocycles. The maximum Gasteiger partial charge on any atom is 0.407 e. The van der Waals surface area contributed by atoms with E-state index in [4.69, 9.17) is 16.0 Å². The Labute approximate surface area is 211 Å². The molecule has 0 spiro atoms. The van der Waals surface area contributed by atoms with Crippen molar-refractivity contribution in [1.82, 2.24) is 15.2 Å². The van der Waals surface area contributed by atoms with Crippen LogP contribution < -0.4 is 10.7 Å². The van der Waals surface area contributed by atoms with E-state index in [9.17, 15) is 14.7 Å². The number of hydrogen-bond acceptors (Lipinski definition) is 5. The van der Waals surface area contributed by atoms with Crippen molar-refractivity contribution in [1.29, 1.82) is 0 Å². The zero-order valence-electron chi connectivity index (χ0n) is 21.0. The highest BCUT2D eigenvalue weighted by Crippen LogP contribution is 2.28. The highest BCUT2D eigenvalue weighted by Gasteiger charge is 2.27. The number of nitrogens with one attached hydrogen (secondary N) is 1. The largest absolute Gasteiger partial charge is 0.465 e. The Bertz CT molecular complexity index is 1220. The summed E-state index contributed by atoms with van der Waals surface area (Å²) in [6, 6.07) is 12.8. The van der Waals surface area contributed by atoms with Crippen LogP contribution in [-0.2, 0) is 6.42 Å². The lowest BCUT2D eigenvalue weighted by molar-refractivity contribution is 0.0991. The van der Waals surface area contributed by atoms with Crippen LogP contribution in [0.2, 0.25) is 5.15 Å². The van der Waals surface area contributed by atoms with Gasteiger partial charge in [0.15, 0.2) is 5.43 Å². The highest BCUT2D eigenvalue weighted by molar-refractivity contribution is 6.29. The molecule has 0 aliphatic rings. The first-order valence-corrected chi connectivity index (χ1v) is 12.3. The number of halogens is 1. The number of nitrogens with zero attached hydrogens (tertiary/aromatic N) is 2. The number of benzene rings is 1. The lowest BCUT2D eigenvalue weighted by atomic mass is 9.93. The number of rotatable bonds is 9. The maximum atomic E-state index is 13.6. The molecular formula is C27H34ClN3O4. The van der Waals surface area contributed by atoms with E-state index in [1.54, 1.807) is 12.1 Å². The van der Waals surface area contributed by atoms with Crippen molar-refractivity contribution < 1.29 is 14.3 Å². The monoisotopic (exact) mass is 499 g/mol.